The van der Waals surface area contributed by atoms with E-state index >= 15 is 0 Å². The molecule has 0 heterocycles. The molecule has 16 heavy (non-hydrogen) atoms. The number of hydrogen-bond acceptors (Lipinski definition) is 2. The van der Waals surface area contributed by atoms with Crippen LogP contribution in [0.4, 0.5) is 0 Å². The second-order valence-electron chi connectivity index (χ2n) is 4.08. The molecule has 0 saturated heterocycles. The van der Waals surface area contributed by atoms with Gasteiger partial charge in [-0.3, -0.25) is 0 Å². The minimum atomic E-state index is 0.922. The largest absolute Gasteiger partial charge is 0.496 e. The van der Waals surface area contributed by atoms with Crippen molar-refractivity contribution in [2.24, 2.45) is 0 Å². The van der Waals surface area contributed by atoms with E-state index in [4.69, 9.17) is 9.47 Å². The molecule has 0 radical (unpaired) electrons. The van der Waals surface area contributed by atoms with E-state index in [0.29, 0.717) is 0 Å². The van der Waals surface area contributed by atoms with Crippen LogP contribution in [0.1, 0.15) is 37.3 Å². The Bertz CT molecular complexity index is 307. The second kappa shape index (κ2) is 6.41. The van der Waals surface area contributed by atoms with Crippen LogP contribution in [-0.4, -0.2) is 14.2 Å². The van der Waals surface area contributed by atoms with E-state index < -0.39 is 0 Å². The second-order valence-corrected chi connectivity index (χ2v) is 4.08. The van der Waals surface area contributed by atoms with Crippen molar-refractivity contribution in [2.45, 2.75) is 39.5 Å². The maximum atomic E-state index is 5.35. The predicted molar refractivity (Wildman–Crippen MR) is 67.5 cm³/mol. The highest BCUT2D eigenvalue weighted by Crippen LogP contribution is 2.30. The van der Waals surface area contributed by atoms with Gasteiger partial charge in [-0.1, -0.05) is 19.8 Å². The SMILES string of the molecule is CCCCCc1cc(OC)c(C)c(OC)c1. The van der Waals surface area contributed by atoms with E-state index in [1.165, 1.54) is 24.8 Å². The molecule has 1 aromatic carbocycles. The summed E-state index contributed by atoms with van der Waals surface area (Å²) < 4.78 is 10.7. The zero-order chi connectivity index (χ0) is 12.0. The van der Waals surface area contributed by atoms with Crippen molar-refractivity contribution < 1.29 is 9.47 Å². The third kappa shape index (κ3) is 3.16. The normalized spacial score (nSPS) is 10.2. The molecule has 0 spiro atoms. The zero-order valence-electron chi connectivity index (χ0n) is 10.8. The van der Waals surface area contributed by atoms with Gasteiger partial charge in [0.1, 0.15) is 11.5 Å². The number of rotatable bonds is 6. The first kappa shape index (κ1) is 12.9. The quantitative estimate of drug-likeness (QED) is 0.682. The maximum absolute atomic E-state index is 5.35. The summed E-state index contributed by atoms with van der Waals surface area (Å²) in [5.74, 6) is 1.84. The minimum Gasteiger partial charge on any atom is -0.496 e. The Hall–Kier alpha value is -1.18. The monoisotopic (exact) mass is 222 g/mol. The first-order chi connectivity index (χ1) is 7.72. The van der Waals surface area contributed by atoms with Gasteiger partial charge < -0.3 is 9.47 Å². The van der Waals surface area contributed by atoms with Crippen molar-refractivity contribution in [3.63, 3.8) is 0 Å². The van der Waals surface area contributed by atoms with Crippen LogP contribution in [-0.2, 0) is 6.42 Å². The molecular formula is C14H22O2. The smallest absolute Gasteiger partial charge is 0.125 e. The minimum absolute atomic E-state index is 0.922. The van der Waals surface area contributed by atoms with Crippen molar-refractivity contribution in [3.8, 4) is 11.5 Å². The average Bonchev–Trinajstić information content (AvgIpc) is 2.31. The van der Waals surface area contributed by atoms with Crippen LogP contribution in [0.3, 0.4) is 0 Å². The molecule has 2 heteroatoms. The summed E-state index contributed by atoms with van der Waals surface area (Å²) >= 11 is 0. The van der Waals surface area contributed by atoms with Gasteiger partial charge in [0.15, 0.2) is 0 Å². The number of unbranched alkanes of at least 4 members (excludes halogenated alkanes) is 2. The lowest BCUT2D eigenvalue weighted by Crippen LogP contribution is -1.95. The molecule has 0 unspecified atom stereocenters. The number of ether oxygens (including phenoxy) is 2. The van der Waals surface area contributed by atoms with Gasteiger partial charge in [0.2, 0.25) is 0 Å². The van der Waals surface area contributed by atoms with E-state index in [2.05, 4.69) is 19.1 Å². The number of hydrogen-bond donors (Lipinski definition) is 0. The highest BCUT2D eigenvalue weighted by Gasteiger charge is 2.07. The van der Waals surface area contributed by atoms with Gasteiger partial charge in [0.25, 0.3) is 0 Å². The zero-order valence-corrected chi connectivity index (χ0v) is 10.8. The third-order valence-electron chi connectivity index (χ3n) is 2.88. The van der Waals surface area contributed by atoms with Crippen LogP contribution < -0.4 is 9.47 Å². The Balaban J connectivity index is 2.84. The van der Waals surface area contributed by atoms with E-state index in [1.807, 2.05) is 6.92 Å². The van der Waals surface area contributed by atoms with Crippen LogP contribution in [0.5, 0.6) is 11.5 Å². The van der Waals surface area contributed by atoms with Gasteiger partial charge in [-0.2, -0.15) is 0 Å². The summed E-state index contributed by atoms with van der Waals surface area (Å²) in [6, 6.07) is 4.24. The Morgan fingerprint density at radius 1 is 1.00 bits per heavy atom. The molecule has 1 rings (SSSR count). The van der Waals surface area contributed by atoms with Crippen molar-refractivity contribution in [1.82, 2.24) is 0 Å². The number of benzene rings is 1. The molecule has 0 aliphatic heterocycles. The van der Waals surface area contributed by atoms with Gasteiger partial charge >= 0.3 is 0 Å². The van der Waals surface area contributed by atoms with Crippen LogP contribution >= 0.6 is 0 Å². The molecule has 0 bridgehead atoms. The molecule has 0 aromatic heterocycles. The van der Waals surface area contributed by atoms with Crippen LogP contribution in [0.15, 0.2) is 12.1 Å². The molecular weight excluding hydrogens is 200 g/mol. The van der Waals surface area contributed by atoms with Crippen molar-refractivity contribution in [2.75, 3.05) is 14.2 Å². The fraction of sp³-hybridized carbons (Fsp3) is 0.571. The Kier molecular flexibility index (Phi) is 5.17. The summed E-state index contributed by atoms with van der Waals surface area (Å²) in [6.45, 7) is 4.24. The highest BCUT2D eigenvalue weighted by atomic mass is 16.5. The molecule has 0 atom stereocenters. The van der Waals surface area contributed by atoms with Gasteiger partial charge in [-0.25, -0.2) is 0 Å². The molecule has 90 valence electrons. The summed E-state index contributed by atoms with van der Waals surface area (Å²) in [6.07, 6.45) is 4.85. The molecule has 0 N–H and O–H groups in total. The number of methoxy groups -OCH3 is 2. The van der Waals surface area contributed by atoms with Crippen LogP contribution in [0.2, 0.25) is 0 Å². The topological polar surface area (TPSA) is 18.5 Å². The lowest BCUT2D eigenvalue weighted by Gasteiger charge is -2.12. The van der Waals surface area contributed by atoms with Gasteiger partial charge in [0.05, 0.1) is 14.2 Å². The molecule has 2 nitrogen and oxygen atoms in total. The third-order valence-corrected chi connectivity index (χ3v) is 2.88. The molecule has 0 fully saturated rings. The van der Waals surface area contributed by atoms with Gasteiger partial charge in [-0.15, -0.1) is 0 Å². The average molecular weight is 222 g/mol. The van der Waals surface area contributed by atoms with Gasteiger partial charge in [-0.05, 0) is 37.5 Å². The summed E-state index contributed by atoms with van der Waals surface area (Å²) in [4.78, 5) is 0. The first-order valence-corrected chi connectivity index (χ1v) is 5.94. The molecule has 1 aromatic rings. The lowest BCUT2D eigenvalue weighted by atomic mass is 10.0. The highest BCUT2D eigenvalue weighted by molar-refractivity contribution is 5.47. The van der Waals surface area contributed by atoms with Gasteiger partial charge in [0, 0.05) is 5.56 Å². The summed E-state index contributed by atoms with van der Waals surface area (Å²) in [5, 5.41) is 0. The number of aryl methyl sites for hydroxylation is 1. The Labute approximate surface area is 98.6 Å². The summed E-state index contributed by atoms with van der Waals surface area (Å²) in [5.41, 5.74) is 2.37. The Morgan fingerprint density at radius 2 is 1.56 bits per heavy atom. The fourth-order valence-electron chi connectivity index (χ4n) is 1.86. The summed E-state index contributed by atoms with van der Waals surface area (Å²) in [7, 11) is 3.41. The van der Waals surface area contributed by atoms with Crippen LogP contribution in [0.25, 0.3) is 0 Å². The van der Waals surface area contributed by atoms with E-state index in [1.54, 1.807) is 14.2 Å². The van der Waals surface area contributed by atoms with Crippen molar-refractivity contribution in [3.05, 3.63) is 23.3 Å². The predicted octanol–water partition coefficient (Wildman–Crippen LogP) is 3.74. The van der Waals surface area contributed by atoms with Crippen molar-refractivity contribution in [1.29, 1.82) is 0 Å². The van der Waals surface area contributed by atoms with Crippen molar-refractivity contribution >= 4 is 0 Å². The molecule has 0 saturated carbocycles. The molecule has 0 aliphatic carbocycles. The lowest BCUT2D eigenvalue weighted by molar-refractivity contribution is 0.387. The molecule has 0 aliphatic rings. The Morgan fingerprint density at radius 3 is 2.00 bits per heavy atom. The standard InChI is InChI=1S/C14H22O2/c1-5-6-7-8-12-9-13(15-3)11(2)14(10-12)16-4/h9-10H,5-8H2,1-4H3. The maximum Gasteiger partial charge on any atom is 0.125 e. The molecule has 0 amide bonds. The fourth-order valence-corrected chi connectivity index (χ4v) is 1.86. The van der Waals surface area contributed by atoms with Crippen LogP contribution in [0, 0.1) is 6.92 Å². The van der Waals surface area contributed by atoms with E-state index in [0.717, 1.165) is 23.5 Å². The first-order valence-electron chi connectivity index (χ1n) is 5.94. The van der Waals surface area contributed by atoms with E-state index in [-0.39, 0.29) is 0 Å². The van der Waals surface area contributed by atoms with E-state index in [9.17, 15) is 0 Å².